The zero-order chi connectivity index (χ0) is 15.8. The lowest BCUT2D eigenvalue weighted by molar-refractivity contribution is 0.601. The van der Waals surface area contributed by atoms with Gasteiger partial charge < -0.3 is 5.73 Å². The minimum atomic E-state index is -3.22. The van der Waals surface area contributed by atoms with E-state index >= 15 is 0 Å². The van der Waals surface area contributed by atoms with Crippen molar-refractivity contribution >= 4 is 9.84 Å². The maximum absolute atomic E-state index is 13.7. The van der Waals surface area contributed by atoms with E-state index in [9.17, 15) is 12.8 Å². The summed E-state index contributed by atoms with van der Waals surface area (Å²) < 4.78 is 36.5. The first kappa shape index (κ1) is 15.7. The Morgan fingerprint density at radius 2 is 1.48 bits per heavy atom. The second-order valence-electron chi connectivity index (χ2n) is 5.29. The third-order valence-electron chi connectivity index (χ3n) is 3.49. The largest absolute Gasteiger partial charge is 0.320 e. The number of sulfone groups is 1. The average molecular weight is 307 g/mol. The monoisotopic (exact) mass is 307 g/mol. The molecule has 3 nitrogen and oxygen atoms in total. The maximum Gasteiger partial charge on any atom is 0.175 e. The molecule has 0 fully saturated rings. The van der Waals surface area contributed by atoms with Crippen molar-refractivity contribution in [3.05, 3.63) is 64.5 Å². The molecule has 0 aliphatic rings. The molecule has 21 heavy (non-hydrogen) atoms. The molecule has 0 aliphatic carbocycles. The van der Waals surface area contributed by atoms with E-state index in [-0.39, 0.29) is 10.7 Å². The predicted octanol–water partition coefficient (Wildman–Crippen LogP) is 2.89. The summed E-state index contributed by atoms with van der Waals surface area (Å²) in [4.78, 5) is 0.255. The smallest absolute Gasteiger partial charge is 0.175 e. The summed E-state index contributed by atoms with van der Waals surface area (Å²) in [5, 5.41) is 0. The van der Waals surface area contributed by atoms with Crippen LogP contribution in [0.2, 0.25) is 0 Å². The third-order valence-corrected chi connectivity index (χ3v) is 4.61. The Kier molecular flexibility index (Phi) is 4.16. The number of halogens is 1. The molecule has 112 valence electrons. The fourth-order valence-corrected chi connectivity index (χ4v) is 2.90. The van der Waals surface area contributed by atoms with Gasteiger partial charge in [0.1, 0.15) is 5.82 Å². The molecule has 0 aromatic heterocycles. The van der Waals surface area contributed by atoms with Crippen molar-refractivity contribution in [2.45, 2.75) is 24.8 Å². The van der Waals surface area contributed by atoms with Gasteiger partial charge in [-0.2, -0.15) is 0 Å². The van der Waals surface area contributed by atoms with Crippen molar-refractivity contribution in [1.29, 1.82) is 0 Å². The van der Waals surface area contributed by atoms with E-state index in [0.29, 0.717) is 11.1 Å². The predicted molar refractivity (Wildman–Crippen MR) is 81.5 cm³/mol. The molecule has 1 atom stereocenters. The van der Waals surface area contributed by atoms with E-state index in [1.54, 1.807) is 38.1 Å². The Morgan fingerprint density at radius 3 is 1.90 bits per heavy atom. The number of rotatable bonds is 3. The van der Waals surface area contributed by atoms with Gasteiger partial charge in [-0.3, -0.25) is 0 Å². The molecule has 2 aromatic carbocycles. The lowest BCUT2D eigenvalue weighted by atomic mass is 9.96. The van der Waals surface area contributed by atoms with Crippen LogP contribution in [0.25, 0.3) is 0 Å². The van der Waals surface area contributed by atoms with Gasteiger partial charge in [-0.1, -0.05) is 24.3 Å². The molecule has 0 saturated heterocycles. The number of hydrogen-bond acceptors (Lipinski definition) is 3. The highest BCUT2D eigenvalue weighted by atomic mass is 32.2. The molecule has 2 N–H and O–H groups in total. The van der Waals surface area contributed by atoms with Gasteiger partial charge in [-0.15, -0.1) is 0 Å². The quantitative estimate of drug-likeness (QED) is 0.948. The van der Waals surface area contributed by atoms with Crippen LogP contribution in [0.5, 0.6) is 0 Å². The Balaban J connectivity index is 2.38. The normalized spacial score (nSPS) is 13.2. The standard InChI is InChI=1S/C16H18FNO2S/c1-10-8-13(9-11(2)15(10)17)16(18)12-4-6-14(7-5-12)21(3,19)20/h4-9,16H,18H2,1-3H3. The molecule has 0 radical (unpaired) electrons. The zero-order valence-corrected chi connectivity index (χ0v) is 13.0. The number of hydrogen-bond donors (Lipinski definition) is 1. The van der Waals surface area contributed by atoms with E-state index in [4.69, 9.17) is 5.73 Å². The van der Waals surface area contributed by atoms with Gasteiger partial charge in [-0.05, 0) is 48.2 Å². The van der Waals surface area contributed by atoms with Crippen molar-refractivity contribution in [2.75, 3.05) is 6.26 Å². The fourth-order valence-electron chi connectivity index (χ4n) is 2.27. The Hall–Kier alpha value is -1.72. The Labute approximate surface area is 124 Å². The van der Waals surface area contributed by atoms with Crippen molar-refractivity contribution in [3.63, 3.8) is 0 Å². The summed E-state index contributed by atoms with van der Waals surface area (Å²) in [6, 6.07) is 9.47. The zero-order valence-electron chi connectivity index (χ0n) is 12.2. The van der Waals surface area contributed by atoms with Crippen LogP contribution in [0.1, 0.15) is 28.3 Å². The van der Waals surface area contributed by atoms with Crippen molar-refractivity contribution in [2.24, 2.45) is 5.73 Å². The van der Waals surface area contributed by atoms with Crippen LogP contribution in [-0.4, -0.2) is 14.7 Å². The second kappa shape index (κ2) is 5.58. The average Bonchev–Trinajstić information content (AvgIpc) is 2.42. The van der Waals surface area contributed by atoms with E-state index < -0.39 is 15.9 Å². The SMILES string of the molecule is Cc1cc(C(N)c2ccc(S(C)(=O)=O)cc2)cc(C)c1F. The first-order valence-electron chi connectivity index (χ1n) is 6.52. The lowest BCUT2D eigenvalue weighted by Crippen LogP contribution is -2.13. The summed E-state index contributed by atoms with van der Waals surface area (Å²) in [7, 11) is -3.22. The summed E-state index contributed by atoms with van der Waals surface area (Å²) in [5.41, 5.74) is 8.88. The minimum Gasteiger partial charge on any atom is -0.320 e. The molecule has 0 aliphatic heterocycles. The van der Waals surface area contributed by atoms with E-state index in [1.165, 1.54) is 12.1 Å². The van der Waals surface area contributed by atoms with Crippen LogP contribution < -0.4 is 5.73 Å². The molecule has 1 unspecified atom stereocenters. The number of nitrogens with two attached hydrogens (primary N) is 1. The summed E-state index contributed by atoms with van der Waals surface area (Å²) >= 11 is 0. The number of benzene rings is 2. The maximum atomic E-state index is 13.7. The fraction of sp³-hybridized carbons (Fsp3) is 0.250. The molecule has 0 saturated carbocycles. The van der Waals surface area contributed by atoms with Crippen LogP contribution in [0, 0.1) is 19.7 Å². The van der Waals surface area contributed by atoms with Gasteiger partial charge in [0.05, 0.1) is 10.9 Å². The van der Waals surface area contributed by atoms with Gasteiger partial charge in [0.15, 0.2) is 9.84 Å². The van der Waals surface area contributed by atoms with Crippen LogP contribution in [0.3, 0.4) is 0 Å². The number of aryl methyl sites for hydroxylation is 2. The molecule has 5 heteroatoms. The van der Waals surface area contributed by atoms with Crippen molar-refractivity contribution in [1.82, 2.24) is 0 Å². The van der Waals surface area contributed by atoms with Crippen LogP contribution in [0.4, 0.5) is 4.39 Å². The van der Waals surface area contributed by atoms with Gasteiger partial charge >= 0.3 is 0 Å². The molecule has 0 bridgehead atoms. The molecule has 2 rings (SSSR count). The molecule has 0 heterocycles. The minimum absolute atomic E-state index is 0.224. The van der Waals surface area contributed by atoms with Crippen LogP contribution in [0.15, 0.2) is 41.3 Å². The van der Waals surface area contributed by atoms with Crippen LogP contribution >= 0.6 is 0 Å². The Bertz CT molecular complexity index is 744. The lowest BCUT2D eigenvalue weighted by Gasteiger charge is -2.15. The summed E-state index contributed by atoms with van der Waals surface area (Å²) in [6.07, 6.45) is 1.16. The van der Waals surface area contributed by atoms with Gasteiger partial charge in [-0.25, -0.2) is 12.8 Å². The summed E-state index contributed by atoms with van der Waals surface area (Å²) in [5.74, 6) is -0.224. The van der Waals surface area contributed by atoms with Crippen LogP contribution in [-0.2, 0) is 9.84 Å². The second-order valence-corrected chi connectivity index (χ2v) is 7.30. The third kappa shape index (κ3) is 3.31. The molecule has 0 spiro atoms. The Morgan fingerprint density at radius 1 is 1.00 bits per heavy atom. The molecular formula is C16H18FNO2S. The highest BCUT2D eigenvalue weighted by Crippen LogP contribution is 2.24. The molecule has 2 aromatic rings. The van der Waals surface area contributed by atoms with Gasteiger partial charge in [0, 0.05) is 6.26 Å². The topological polar surface area (TPSA) is 60.2 Å². The van der Waals surface area contributed by atoms with Crippen molar-refractivity contribution in [3.8, 4) is 0 Å². The van der Waals surface area contributed by atoms with Crippen molar-refractivity contribution < 1.29 is 12.8 Å². The highest BCUT2D eigenvalue weighted by molar-refractivity contribution is 7.90. The first-order valence-corrected chi connectivity index (χ1v) is 8.41. The van der Waals surface area contributed by atoms with Gasteiger partial charge in [0.25, 0.3) is 0 Å². The first-order chi connectivity index (χ1) is 9.70. The van der Waals surface area contributed by atoms with Gasteiger partial charge in [0.2, 0.25) is 0 Å². The van der Waals surface area contributed by atoms with E-state index in [2.05, 4.69) is 0 Å². The molecular weight excluding hydrogens is 289 g/mol. The van der Waals surface area contributed by atoms with E-state index in [0.717, 1.165) is 17.4 Å². The molecule has 0 amide bonds. The highest BCUT2D eigenvalue weighted by Gasteiger charge is 2.14. The summed E-state index contributed by atoms with van der Waals surface area (Å²) in [6.45, 7) is 3.40. The van der Waals surface area contributed by atoms with E-state index in [1.807, 2.05) is 0 Å².